The fourth-order valence-corrected chi connectivity index (χ4v) is 2.36. The number of hydrogen-bond acceptors (Lipinski definition) is 3. The van der Waals surface area contributed by atoms with Gasteiger partial charge in [-0.1, -0.05) is 37.3 Å². The molecule has 0 spiro atoms. The van der Waals surface area contributed by atoms with Gasteiger partial charge >= 0.3 is 0 Å². The Morgan fingerprint density at radius 2 is 2.00 bits per heavy atom. The third-order valence-corrected chi connectivity index (χ3v) is 3.41. The van der Waals surface area contributed by atoms with Gasteiger partial charge in [-0.2, -0.15) is 0 Å². The lowest BCUT2D eigenvalue weighted by atomic mass is 9.98. The summed E-state index contributed by atoms with van der Waals surface area (Å²) in [6, 6.07) is 13.0. The largest absolute Gasteiger partial charge is 0.313 e. The van der Waals surface area contributed by atoms with Gasteiger partial charge in [-0.25, -0.2) is 0 Å². The highest BCUT2D eigenvalue weighted by Crippen LogP contribution is 2.27. The van der Waals surface area contributed by atoms with Crippen molar-refractivity contribution in [3.05, 3.63) is 63.7 Å². The van der Waals surface area contributed by atoms with Crippen LogP contribution in [0.15, 0.2) is 42.5 Å². The standard InChI is InChI=1S/C17H20N2O2/c1-3-9-18-12-14-7-8-17(13(2)10-14)15-5-4-6-16(11-15)19(20)21/h4-8,10-11,18H,3,9,12H2,1-2H3. The summed E-state index contributed by atoms with van der Waals surface area (Å²) >= 11 is 0. The number of non-ortho nitro benzene ring substituents is 1. The first-order chi connectivity index (χ1) is 10.1. The molecule has 2 aromatic rings. The minimum Gasteiger partial charge on any atom is -0.313 e. The Labute approximate surface area is 125 Å². The predicted octanol–water partition coefficient (Wildman–Crippen LogP) is 4.07. The second kappa shape index (κ2) is 6.99. The SMILES string of the molecule is CCCNCc1ccc(-c2cccc([N+](=O)[O-])c2)c(C)c1. The summed E-state index contributed by atoms with van der Waals surface area (Å²) in [7, 11) is 0. The Morgan fingerprint density at radius 3 is 2.67 bits per heavy atom. The summed E-state index contributed by atoms with van der Waals surface area (Å²) in [6.45, 7) is 6.04. The van der Waals surface area contributed by atoms with Crippen molar-refractivity contribution in [2.24, 2.45) is 0 Å². The van der Waals surface area contributed by atoms with Crippen LogP contribution in [-0.2, 0) is 6.54 Å². The average molecular weight is 284 g/mol. The highest BCUT2D eigenvalue weighted by Gasteiger charge is 2.09. The van der Waals surface area contributed by atoms with Crippen molar-refractivity contribution in [2.45, 2.75) is 26.8 Å². The van der Waals surface area contributed by atoms with E-state index in [1.165, 1.54) is 11.6 Å². The lowest BCUT2D eigenvalue weighted by Gasteiger charge is -2.09. The van der Waals surface area contributed by atoms with Gasteiger partial charge in [-0.15, -0.1) is 0 Å². The molecular formula is C17H20N2O2. The van der Waals surface area contributed by atoms with Gasteiger partial charge in [0, 0.05) is 18.7 Å². The van der Waals surface area contributed by atoms with Crippen LogP contribution >= 0.6 is 0 Å². The normalized spacial score (nSPS) is 10.6. The molecule has 0 aliphatic heterocycles. The fraction of sp³-hybridized carbons (Fsp3) is 0.294. The molecule has 110 valence electrons. The molecule has 0 saturated heterocycles. The van der Waals surface area contributed by atoms with E-state index in [9.17, 15) is 10.1 Å². The molecule has 0 aliphatic rings. The third kappa shape index (κ3) is 3.89. The molecule has 0 aromatic heterocycles. The molecule has 21 heavy (non-hydrogen) atoms. The summed E-state index contributed by atoms with van der Waals surface area (Å²) in [5.41, 5.74) is 4.41. The summed E-state index contributed by atoms with van der Waals surface area (Å²) in [5.74, 6) is 0. The Morgan fingerprint density at radius 1 is 1.19 bits per heavy atom. The van der Waals surface area contributed by atoms with Crippen molar-refractivity contribution in [1.82, 2.24) is 5.32 Å². The van der Waals surface area contributed by atoms with Gasteiger partial charge in [0.1, 0.15) is 0 Å². The Hall–Kier alpha value is -2.20. The molecule has 0 saturated carbocycles. The van der Waals surface area contributed by atoms with E-state index in [0.29, 0.717) is 0 Å². The summed E-state index contributed by atoms with van der Waals surface area (Å²) in [5, 5.41) is 14.2. The summed E-state index contributed by atoms with van der Waals surface area (Å²) < 4.78 is 0. The van der Waals surface area contributed by atoms with Crippen molar-refractivity contribution < 1.29 is 4.92 Å². The monoisotopic (exact) mass is 284 g/mol. The second-order valence-corrected chi connectivity index (χ2v) is 5.13. The fourth-order valence-electron chi connectivity index (χ4n) is 2.36. The van der Waals surface area contributed by atoms with Crippen LogP contribution in [0.3, 0.4) is 0 Å². The van der Waals surface area contributed by atoms with Crippen LogP contribution in [-0.4, -0.2) is 11.5 Å². The van der Waals surface area contributed by atoms with Crippen molar-refractivity contribution in [2.75, 3.05) is 6.54 Å². The molecule has 0 unspecified atom stereocenters. The van der Waals surface area contributed by atoms with Crippen molar-refractivity contribution in [1.29, 1.82) is 0 Å². The van der Waals surface area contributed by atoms with Gasteiger partial charge in [0.25, 0.3) is 5.69 Å². The molecule has 2 rings (SSSR count). The zero-order valence-corrected chi connectivity index (χ0v) is 12.4. The van der Waals surface area contributed by atoms with Crippen LogP contribution in [0, 0.1) is 17.0 Å². The Balaban J connectivity index is 2.24. The molecule has 4 heteroatoms. The van der Waals surface area contributed by atoms with E-state index >= 15 is 0 Å². The Bertz CT molecular complexity index is 638. The first-order valence-corrected chi connectivity index (χ1v) is 7.17. The minimum absolute atomic E-state index is 0.126. The maximum atomic E-state index is 10.9. The number of benzene rings is 2. The number of nitrogens with zero attached hydrogens (tertiary/aromatic N) is 1. The lowest BCUT2D eigenvalue weighted by molar-refractivity contribution is -0.384. The molecule has 0 fully saturated rings. The minimum atomic E-state index is -0.359. The Kier molecular flexibility index (Phi) is 5.06. The van der Waals surface area contributed by atoms with Crippen molar-refractivity contribution in [3.8, 4) is 11.1 Å². The highest BCUT2D eigenvalue weighted by molar-refractivity contribution is 5.69. The number of nitro groups is 1. The van der Waals surface area contributed by atoms with Gasteiger partial charge in [0.2, 0.25) is 0 Å². The number of aryl methyl sites for hydroxylation is 1. The van der Waals surface area contributed by atoms with Crippen LogP contribution in [0.4, 0.5) is 5.69 Å². The van der Waals surface area contributed by atoms with Gasteiger partial charge in [0.05, 0.1) is 4.92 Å². The van der Waals surface area contributed by atoms with Crippen LogP contribution in [0.5, 0.6) is 0 Å². The van der Waals surface area contributed by atoms with Crippen LogP contribution in [0.25, 0.3) is 11.1 Å². The molecule has 0 radical (unpaired) electrons. The molecule has 0 heterocycles. The maximum Gasteiger partial charge on any atom is 0.270 e. The number of rotatable bonds is 6. The number of nitro benzene ring substituents is 1. The van der Waals surface area contributed by atoms with Crippen LogP contribution in [0.2, 0.25) is 0 Å². The van der Waals surface area contributed by atoms with Gasteiger partial charge < -0.3 is 5.32 Å². The molecule has 0 aliphatic carbocycles. The number of nitrogens with one attached hydrogen (secondary N) is 1. The average Bonchev–Trinajstić information content (AvgIpc) is 2.48. The first kappa shape index (κ1) is 15.2. The molecule has 0 bridgehead atoms. The molecule has 0 amide bonds. The van der Waals surface area contributed by atoms with E-state index in [2.05, 4.69) is 24.4 Å². The van der Waals surface area contributed by atoms with Crippen molar-refractivity contribution in [3.63, 3.8) is 0 Å². The van der Waals surface area contributed by atoms with E-state index in [1.807, 2.05) is 19.1 Å². The van der Waals surface area contributed by atoms with Gasteiger partial charge in [0.15, 0.2) is 0 Å². The summed E-state index contributed by atoms with van der Waals surface area (Å²) in [6.07, 6.45) is 1.12. The van der Waals surface area contributed by atoms with E-state index in [0.717, 1.165) is 36.2 Å². The first-order valence-electron chi connectivity index (χ1n) is 7.17. The molecule has 0 atom stereocenters. The summed E-state index contributed by atoms with van der Waals surface area (Å²) in [4.78, 5) is 10.5. The van der Waals surface area contributed by atoms with E-state index in [4.69, 9.17) is 0 Å². The van der Waals surface area contributed by atoms with E-state index < -0.39 is 0 Å². The highest BCUT2D eigenvalue weighted by atomic mass is 16.6. The smallest absolute Gasteiger partial charge is 0.270 e. The van der Waals surface area contributed by atoms with Crippen molar-refractivity contribution >= 4 is 5.69 Å². The van der Waals surface area contributed by atoms with Gasteiger partial charge in [-0.3, -0.25) is 10.1 Å². The molecule has 2 aromatic carbocycles. The second-order valence-electron chi connectivity index (χ2n) is 5.13. The third-order valence-electron chi connectivity index (χ3n) is 3.41. The molecular weight excluding hydrogens is 264 g/mol. The van der Waals surface area contributed by atoms with E-state index in [1.54, 1.807) is 12.1 Å². The lowest BCUT2D eigenvalue weighted by Crippen LogP contribution is -2.13. The number of hydrogen-bond donors (Lipinski definition) is 1. The zero-order valence-electron chi connectivity index (χ0n) is 12.4. The predicted molar refractivity (Wildman–Crippen MR) is 85.3 cm³/mol. The topological polar surface area (TPSA) is 55.2 Å². The zero-order chi connectivity index (χ0) is 15.2. The van der Waals surface area contributed by atoms with Crippen LogP contribution in [0.1, 0.15) is 24.5 Å². The molecule has 4 nitrogen and oxygen atoms in total. The maximum absolute atomic E-state index is 10.9. The quantitative estimate of drug-likeness (QED) is 0.494. The van der Waals surface area contributed by atoms with E-state index in [-0.39, 0.29) is 10.6 Å². The molecule has 1 N–H and O–H groups in total. The van der Waals surface area contributed by atoms with Crippen LogP contribution < -0.4 is 5.32 Å². The van der Waals surface area contributed by atoms with Gasteiger partial charge in [-0.05, 0) is 42.1 Å².